The highest BCUT2D eigenvalue weighted by atomic mass is 16.5. The van der Waals surface area contributed by atoms with Crippen LogP contribution in [0.4, 0.5) is 11.4 Å². The van der Waals surface area contributed by atoms with Gasteiger partial charge in [0.25, 0.3) is 5.91 Å². The molecule has 2 aromatic carbocycles. The van der Waals surface area contributed by atoms with E-state index in [1.165, 1.54) is 6.92 Å². The first-order chi connectivity index (χ1) is 12.7. The van der Waals surface area contributed by atoms with E-state index in [4.69, 9.17) is 4.74 Å². The molecule has 0 aliphatic carbocycles. The van der Waals surface area contributed by atoms with Gasteiger partial charge in [-0.05, 0) is 49.6 Å². The highest BCUT2D eigenvalue weighted by Gasteiger charge is 2.12. The van der Waals surface area contributed by atoms with Crippen LogP contribution in [0.15, 0.2) is 36.4 Å². The average Bonchev–Trinajstić information content (AvgIpc) is 2.57. The summed E-state index contributed by atoms with van der Waals surface area (Å²) in [6, 6.07) is 10.8. The smallest absolute Gasteiger partial charge is 0.310 e. The monoisotopic (exact) mass is 368 g/mol. The zero-order valence-electron chi connectivity index (χ0n) is 16.0. The molecule has 0 radical (unpaired) electrons. The molecule has 0 heterocycles. The van der Waals surface area contributed by atoms with E-state index >= 15 is 0 Å². The molecule has 2 amide bonds. The normalized spacial score (nSPS) is 10.2. The number of carbonyl (C=O) groups excluding carboxylic acids is 3. The molecule has 0 saturated carbocycles. The minimum Gasteiger partial charge on any atom is -0.455 e. The molecule has 0 bridgehead atoms. The van der Waals surface area contributed by atoms with Crippen LogP contribution in [0.2, 0.25) is 0 Å². The minimum atomic E-state index is -0.491. The number of carbonyl (C=O) groups is 3. The van der Waals surface area contributed by atoms with Crippen LogP contribution < -0.4 is 10.6 Å². The van der Waals surface area contributed by atoms with Gasteiger partial charge in [-0.15, -0.1) is 0 Å². The number of benzene rings is 2. The largest absolute Gasteiger partial charge is 0.455 e. The summed E-state index contributed by atoms with van der Waals surface area (Å²) < 4.78 is 5.06. The molecule has 0 saturated heterocycles. The molecule has 6 heteroatoms. The summed E-state index contributed by atoms with van der Waals surface area (Å²) in [5, 5.41) is 5.45. The van der Waals surface area contributed by atoms with Crippen LogP contribution in [0, 0.1) is 20.8 Å². The van der Waals surface area contributed by atoms with Crippen LogP contribution in [0.1, 0.15) is 29.2 Å². The Hall–Kier alpha value is -3.15. The number of hydrogen-bond acceptors (Lipinski definition) is 4. The van der Waals surface area contributed by atoms with Gasteiger partial charge in [0, 0.05) is 18.3 Å². The van der Waals surface area contributed by atoms with E-state index in [2.05, 4.69) is 10.6 Å². The van der Waals surface area contributed by atoms with Crippen molar-refractivity contribution in [1.82, 2.24) is 0 Å². The molecule has 0 aliphatic rings. The second kappa shape index (κ2) is 8.98. The number of amides is 2. The van der Waals surface area contributed by atoms with Gasteiger partial charge < -0.3 is 15.4 Å². The Labute approximate surface area is 158 Å². The summed E-state index contributed by atoms with van der Waals surface area (Å²) in [6.45, 7) is 6.93. The number of nitrogens with one attached hydrogen (secondary N) is 2. The van der Waals surface area contributed by atoms with Crippen LogP contribution in [0.3, 0.4) is 0 Å². The van der Waals surface area contributed by atoms with E-state index < -0.39 is 5.97 Å². The van der Waals surface area contributed by atoms with Crippen LogP contribution >= 0.6 is 0 Å². The maximum absolute atomic E-state index is 12.1. The quantitative estimate of drug-likeness (QED) is 0.766. The van der Waals surface area contributed by atoms with Gasteiger partial charge >= 0.3 is 5.97 Å². The standard InChI is InChI=1S/C21H24N2O4/c1-13-9-14(2)21(15(3)10-13)23-19(25)12-27-20(26)11-17-5-7-18(8-6-17)22-16(4)24/h5-10H,11-12H2,1-4H3,(H,22,24)(H,23,25). The lowest BCUT2D eigenvalue weighted by Gasteiger charge is -2.13. The van der Waals surface area contributed by atoms with Gasteiger partial charge in [0.1, 0.15) is 0 Å². The van der Waals surface area contributed by atoms with Crippen molar-refractivity contribution in [2.24, 2.45) is 0 Å². The molecule has 0 aromatic heterocycles. The molecular formula is C21H24N2O4. The topological polar surface area (TPSA) is 84.5 Å². The Morgan fingerprint density at radius 3 is 2.07 bits per heavy atom. The van der Waals surface area contributed by atoms with Crippen LogP contribution in [-0.2, 0) is 25.5 Å². The van der Waals surface area contributed by atoms with Gasteiger partial charge in [0.05, 0.1) is 6.42 Å². The van der Waals surface area contributed by atoms with E-state index in [9.17, 15) is 14.4 Å². The Balaban J connectivity index is 1.85. The Bertz CT molecular complexity index is 834. The summed E-state index contributed by atoms with van der Waals surface area (Å²) in [7, 11) is 0. The van der Waals surface area contributed by atoms with Crippen LogP contribution in [0.25, 0.3) is 0 Å². The van der Waals surface area contributed by atoms with Gasteiger partial charge in [-0.25, -0.2) is 0 Å². The molecule has 0 spiro atoms. The fourth-order valence-electron chi connectivity index (χ4n) is 2.83. The molecule has 2 rings (SSSR count). The molecule has 2 N–H and O–H groups in total. The summed E-state index contributed by atoms with van der Waals surface area (Å²) in [6.07, 6.45) is 0.0518. The highest BCUT2D eigenvalue weighted by Crippen LogP contribution is 2.21. The van der Waals surface area contributed by atoms with Gasteiger partial charge in [0.2, 0.25) is 5.91 Å². The lowest BCUT2D eigenvalue weighted by Crippen LogP contribution is -2.22. The van der Waals surface area contributed by atoms with Crippen molar-refractivity contribution in [3.8, 4) is 0 Å². The number of hydrogen-bond donors (Lipinski definition) is 2. The first kappa shape index (κ1) is 20.2. The number of esters is 1. The highest BCUT2D eigenvalue weighted by molar-refractivity contribution is 5.94. The van der Waals surface area contributed by atoms with E-state index in [0.29, 0.717) is 5.69 Å². The molecule has 0 fully saturated rings. The second-order valence-electron chi connectivity index (χ2n) is 6.54. The van der Waals surface area contributed by atoms with Crippen molar-refractivity contribution < 1.29 is 19.1 Å². The molecule has 142 valence electrons. The third-order valence-electron chi connectivity index (χ3n) is 3.93. The van der Waals surface area contributed by atoms with Crippen LogP contribution in [0.5, 0.6) is 0 Å². The van der Waals surface area contributed by atoms with Gasteiger partial charge in [-0.2, -0.15) is 0 Å². The molecule has 0 unspecified atom stereocenters. The third kappa shape index (κ3) is 6.26. The average molecular weight is 368 g/mol. The van der Waals surface area contributed by atoms with Crippen molar-refractivity contribution in [3.63, 3.8) is 0 Å². The van der Waals surface area contributed by atoms with Crippen molar-refractivity contribution in [2.45, 2.75) is 34.1 Å². The Kier molecular flexibility index (Phi) is 6.71. The van der Waals surface area contributed by atoms with Gasteiger partial charge in [0.15, 0.2) is 6.61 Å². The molecular weight excluding hydrogens is 344 g/mol. The predicted molar refractivity (Wildman–Crippen MR) is 105 cm³/mol. The number of ether oxygens (including phenoxy) is 1. The first-order valence-electron chi connectivity index (χ1n) is 8.64. The Morgan fingerprint density at radius 1 is 0.926 bits per heavy atom. The Morgan fingerprint density at radius 2 is 1.52 bits per heavy atom. The lowest BCUT2D eigenvalue weighted by molar-refractivity contribution is -0.146. The second-order valence-corrected chi connectivity index (χ2v) is 6.54. The SMILES string of the molecule is CC(=O)Nc1ccc(CC(=O)OCC(=O)Nc2c(C)cc(C)cc2C)cc1. The van der Waals surface area contributed by atoms with E-state index in [-0.39, 0.29) is 24.8 Å². The third-order valence-corrected chi connectivity index (χ3v) is 3.93. The lowest BCUT2D eigenvalue weighted by atomic mass is 10.1. The summed E-state index contributed by atoms with van der Waals surface area (Å²) in [5.41, 5.74) is 5.19. The minimum absolute atomic E-state index is 0.0518. The van der Waals surface area contributed by atoms with Crippen LogP contribution in [-0.4, -0.2) is 24.4 Å². The maximum atomic E-state index is 12.1. The van der Waals surface area contributed by atoms with Crippen molar-refractivity contribution in [1.29, 1.82) is 0 Å². The van der Waals surface area contributed by atoms with E-state index in [0.717, 1.165) is 27.9 Å². The number of aryl methyl sites for hydroxylation is 3. The molecule has 0 atom stereocenters. The molecule has 27 heavy (non-hydrogen) atoms. The zero-order chi connectivity index (χ0) is 20.0. The number of rotatable bonds is 6. The zero-order valence-corrected chi connectivity index (χ0v) is 16.0. The van der Waals surface area contributed by atoms with E-state index in [1.807, 2.05) is 32.9 Å². The maximum Gasteiger partial charge on any atom is 0.310 e. The summed E-state index contributed by atoms with van der Waals surface area (Å²) >= 11 is 0. The fraction of sp³-hybridized carbons (Fsp3) is 0.286. The van der Waals surface area contributed by atoms with Gasteiger partial charge in [-0.1, -0.05) is 29.8 Å². The van der Waals surface area contributed by atoms with Gasteiger partial charge in [-0.3, -0.25) is 14.4 Å². The molecule has 0 aliphatic heterocycles. The van der Waals surface area contributed by atoms with Crippen molar-refractivity contribution >= 4 is 29.2 Å². The van der Waals surface area contributed by atoms with Crippen molar-refractivity contribution in [2.75, 3.05) is 17.2 Å². The molecule has 2 aromatic rings. The van der Waals surface area contributed by atoms with E-state index in [1.54, 1.807) is 24.3 Å². The van der Waals surface area contributed by atoms with Crippen molar-refractivity contribution in [3.05, 3.63) is 58.7 Å². The predicted octanol–water partition coefficient (Wildman–Crippen LogP) is 3.29. The number of anilines is 2. The molecule has 6 nitrogen and oxygen atoms in total. The fourth-order valence-corrected chi connectivity index (χ4v) is 2.83. The summed E-state index contributed by atoms with van der Waals surface area (Å²) in [4.78, 5) is 35.0. The summed E-state index contributed by atoms with van der Waals surface area (Å²) in [5.74, 6) is -1.03. The first-order valence-corrected chi connectivity index (χ1v) is 8.64.